The first-order valence-corrected chi connectivity index (χ1v) is 10.4. The number of rotatable bonds is 4. The van der Waals surface area contributed by atoms with Gasteiger partial charge in [-0.2, -0.15) is 0 Å². The molecule has 32 heavy (non-hydrogen) atoms. The Bertz CT molecular complexity index is 1200. The molecule has 0 radical (unpaired) electrons. The molecule has 3 aromatic rings. The highest BCUT2D eigenvalue weighted by atomic mass is 16.6. The lowest BCUT2D eigenvalue weighted by Crippen LogP contribution is -2.50. The van der Waals surface area contributed by atoms with Crippen LogP contribution in [0.15, 0.2) is 66.7 Å². The van der Waals surface area contributed by atoms with E-state index in [0.29, 0.717) is 35.3 Å². The van der Waals surface area contributed by atoms with Gasteiger partial charge in [0.1, 0.15) is 6.04 Å². The fourth-order valence-corrected chi connectivity index (χ4v) is 4.04. The Morgan fingerprint density at radius 3 is 2.44 bits per heavy atom. The van der Waals surface area contributed by atoms with Gasteiger partial charge in [-0.1, -0.05) is 35.9 Å². The van der Waals surface area contributed by atoms with Crippen molar-refractivity contribution in [2.45, 2.75) is 32.7 Å². The highest BCUT2D eigenvalue weighted by molar-refractivity contribution is 6.12. The van der Waals surface area contributed by atoms with E-state index in [2.05, 4.69) is 5.32 Å². The molecule has 1 aliphatic heterocycles. The van der Waals surface area contributed by atoms with Crippen molar-refractivity contribution in [3.05, 3.63) is 99.1 Å². The Balaban J connectivity index is 1.70. The van der Waals surface area contributed by atoms with E-state index >= 15 is 0 Å². The Labute approximate surface area is 185 Å². The van der Waals surface area contributed by atoms with E-state index in [1.807, 2.05) is 55.5 Å². The van der Waals surface area contributed by atoms with E-state index in [1.54, 1.807) is 6.92 Å². The number of carbonyl (C=O) groups excluding carboxylic acids is 2. The van der Waals surface area contributed by atoms with E-state index in [4.69, 9.17) is 0 Å². The summed E-state index contributed by atoms with van der Waals surface area (Å²) >= 11 is 0. The highest BCUT2D eigenvalue weighted by Crippen LogP contribution is 2.33. The molecule has 0 fully saturated rings. The van der Waals surface area contributed by atoms with Gasteiger partial charge < -0.3 is 5.32 Å². The van der Waals surface area contributed by atoms with Gasteiger partial charge in [-0.25, -0.2) is 0 Å². The molecule has 7 nitrogen and oxygen atoms in total. The fourth-order valence-electron chi connectivity index (χ4n) is 4.04. The minimum atomic E-state index is -0.700. The molecule has 0 aliphatic carbocycles. The monoisotopic (exact) mass is 429 g/mol. The third kappa shape index (κ3) is 4.09. The van der Waals surface area contributed by atoms with Crippen LogP contribution in [0.5, 0.6) is 0 Å². The molecule has 1 unspecified atom stereocenters. The van der Waals surface area contributed by atoms with Crippen molar-refractivity contribution in [2.75, 3.05) is 10.2 Å². The number of hydrogen-bond acceptors (Lipinski definition) is 4. The number of fused-ring (bicyclic) bond motifs is 1. The normalized spacial score (nSPS) is 15.1. The Morgan fingerprint density at radius 2 is 1.75 bits per heavy atom. The van der Waals surface area contributed by atoms with Crippen molar-refractivity contribution >= 4 is 28.9 Å². The number of aryl methyl sites for hydroxylation is 3. The summed E-state index contributed by atoms with van der Waals surface area (Å²) in [5.74, 6) is -0.630. The number of nitrogens with zero attached hydrogens (tertiary/aromatic N) is 2. The SMILES string of the molecule is Cc1ccc(NC(=O)C2CCc3ccccc3N2C(=O)c2ccc([N+](=O)[O-])c(C)c2)cc1. The quantitative estimate of drug-likeness (QED) is 0.476. The number of amides is 2. The predicted molar refractivity (Wildman–Crippen MR) is 123 cm³/mol. The van der Waals surface area contributed by atoms with Crippen molar-refractivity contribution in [1.29, 1.82) is 0 Å². The molecule has 1 N–H and O–H groups in total. The largest absolute Gasteiger partial charge is 0.324 e. The molecule has 1 heterocycles. The fraction of sp³-hybridized carbons (Fsp3) is 0.200. The number of carbonyl (C=O) groups is 2. The lowest BCUT2D eigenvalue weighted by atomic mass is 9.94. The number of nitro groups is 1. The molecule has 162 valence electrons. The van der Waals surface area contributed by atoms with Crippen LogP contribution in [-0.2, 0) is 11.2 Å². The van der Waals surface area contributed by atoms with Crippen molar-refractivity contribution in [3.8, 4) is 0 Å². The smallest absolute Gasteiger partial charge is 0.272 e. The van der Waals surface area contributed by atoms with E-state index in [9.17, 15) is 19.7 Å². The average molecular weight is 429 g/mol. The maximum atomic E-state index is 13.6. The Morgan fingerprint density at radius 1 is 1.03 bits per heavy atom. The summed E-state index contributed by atoms with van der Waals surface area (Å²) in [5.41, 5.74) is 4.07. The van der Waals surface area contributed by atoms with Gasteiger partial charge in [0.2, 0.25) is 5.91 Å². The maximum absolute atomic E-state index is 13.6. The van der Waals surface area contributed by atoms with E-state index in [0.717, 1.165) is 11.1 Å². The molecule has 7 heteroatoms. The first-order valence-electron chi connectivity index (χ1n) is 10.4. The van der Waals surface area contributed by atoms with Crippen LogP contribution in [0.3, 0.4) is 0 Å². The Kier molecular flexibility index (Phi) is 5.73. The van der Waals surface area contributed by atoms with Crippen LogP contribution >= 0.6 is 0 Å². The van der Waals surface area contributed by atoms with Gasteiger partial charge in [-0.05, 0) is 62.6 Å². The zero-order valence-corrected chi connectivity index (χ0v) is 17.9. The summed E-state index contributed by atoms with van der Waals surface area (Å²) in [6.45, 7) is 3.57. The molecule has 1 atom stereocenters. The molecule has 1 aliphatic rings. The summed E-state index contributed by atoms with van der Waals surface area (Å²) in [6.07, 6.45) is 1.15. The first-order chi connectivity index (χ1) is 15.3. The molecule has 2 amide bonds. The third-order valence-electron chi connectivity index (χ3n) is 5.73. The zero-order chi connectivity index (χ0) is 22.8. The zero-order valence-electron chi connectivity index (χ0n) is 17.9. The number of nitrogens with one attached hydrogen (secondary N) is 1. The van der Waals surface area contributed by atoms with Gasteiger partial charge >= 0.3 is 0 Å². The standard InChI is InChI=1S/C25H23N3O4/c1-16-7-11-20(12-8-16)26-24(29)23-14-9-18-5-3-4-6-22(18)27(23)25(30)19-10-13-21(28(31)32)17(2)15-19/h3-8,10-13,15,23H,9,14H2,1-2H3,(H,26,29). The number of nitro benzene ring substituents is 1. The minimum Gasteiger partial charge on any atom is -0.324 e. The van der Waals surface area contributed by atoms with Gasteiger partial charge in [0.25, 0.3) is 11.6 Å². The Hall–Kier alpha value is -4.00. The van der Waals surface area contributed by atoms with E-state index in [-0.39, 0.29) is 17.5 Å². The highest BCUT2D eigenvalue weighted by Gasteiger charge is 2.36. The van der Waals surface area contributed by atoms with Gasteiger partial charge in [0, 0.05) is 28.6 Å². The van der Waals surface area contributed by atoms with Crippen molar-refractivity contribution in [1.82, 2.24) is 0 Å². The number of para-hydroxylation sites is 1. The lowest BCUT2D eigenvalue weighted by molar-refractivity contribution is -0.385. The van der Waals surface area contributed by atoms with Crippen molar-refractivity contribution in [2.24, 2.45) is 0 Å². The van der Waals surface area contributed by atoms with E-state index < -0.39 is 11.0 Å². The summed E-state index contributed by atoms with van der Waals surface area (Å²) in [4.78, 5) is 39.0. The molecule has 0 saturated carbocycles. The van der Waals surface area contributed by atoms with Crippen molar-refractivity contribution in [3.63, 3.8) is 0 Å². The van der Waals surface area contributed by atoms with Crippen molar-refractivity contribution < 1.29 is 14.5 Å². The van der Waals surface area contributed by atoms with Crippen LogP contribution in [-0.4, -0.2) is 22.8 Å². The van der Waals surface area contributed by atoms with Crippen LogP contribution in [0.1, 0.15) is 33.5 Å². The maximum Gasteiger partial charge on any atom is 0.272 e. The molecular weight excluding hydrogens is 406 g/mol. The number of anilines is 2. The summed E-state index contributed by atoms with van der Waals surface area (Å²) in [6, 6.07) is 18.6. The first kappa shape index (κ1) is 21.2. The average Bonchev–Trinajstić information content (AvgIpc) is 2.79. The molecule has 3 aromatic carbocycles. The van der Waals surface area contributed by atoms with Gasteiger partial charge in [-0.3, -0.25) is 24.6 Å². The van der Waals surface area contributed by atoms with Gasteiger partial charge in [0.05, 0.1) is 4.92 Å². The van der Waals surface area contributed by atoms with Crippen LogP contribution in [0, 0.1) is 24.0 Å². The molecule has 0 bridgehead atoms. The molecule has 0 aromatic heterocycles. The van der Waals surface area contributed by atoms with Crippen LogP contribution < -0.4 is 10.2 Å². The summed E-state index contributed by atoms with van der Waals surface area (Å²) < 4.78 is 0. The molecule has 0 saturated heterocycles. The van der Waals surface area contributed by atoms with E-state index in [1.165, 1.54) is 23.1 Å². The predicted octanol–water partition coefficient (Wildman–Crippen LogP) is 4.81. The van der Waals surface area contributed by atoms with Gasteiger partial charge in [0.15, 0.2) is 0 Å². The topological polar surface area (TPSA) is 92.6 Å². The summed E-state index contributed by atoms with van der Waals surface area (Å²) in [7, 11) is 0. The lowest BCUT2D eigenvalue weighted by Gasteiger charge is -2.36. The molecule has 0 spiro atoms. The second-order valence-corrected chi connectivity index (χ2v) is 7.97. The third-order valence-corrected chi connectivity index (χ3v) is 5.73. The minimum absolute atomic E-state index is 0.0470. The van der Waals surface area contributed by atoms with Crippen LogP contribution in [0.4, 0.5) is 17.1 Å². The summed E-state index contributed by atoms with van der Waals surface area (Å²) in [5, 5.41) is 14.1. The number of benzene rings is 3. The van der Waals surface area contributed by atoms with Crippen LogP contribution in [0.25, 0.3) is 0 Å². The van der Waals surface area contributed by atoms with Gasteiger partial charge in [-0.15, -0.1) is 0 Å². The number of hydrogen-bond donors (Lipinski definition) is 1. The molecular formula is C25H23N3O4. The molecule has 4 rings (SSSR count). The van der Waals surface area contributed by atoms with Crippen LogP contribution in [0.2, 0.25) is 0 Å². The second-order valence-electron chi connectivity index (χ2n) is 7.97. The second kappa shape index (κ2) is 8.63.